The van der Waals surface area contributed by atoms with Gasteiger partial charge < -0.3 is 19.6 Å². The summed E-state index contributed by atoms with van der Waals surface area (Å²) in [6, 6.07) is 13.3. The van der Waals surface area contributed by atoms with Crippen LogP contribution in [-0.2, 0) is 14.9 Å². The molecule has 0 bridgehead atoms. The van der Waals surface area contributed by atoms with Crippen molar-refractivity contribution >= 4 is 5.91 Å². The fourth-order valence-corrected chi connectivity index (χ4v) is 3.24. The maximum Gasteiger partial charge on any atom is 0.230 e. The first-order valence-corrected chi connectivity index (χ1v) is 8.35. The summed E-state index contributed by atoms with van der Waals surface area (Å²) in [4.78, 5) is 12.9. The lowest BCUT2D eigenvalue weighted by Crippen LogP contribution is -2.48. The van der Waals surface area contributed by atoms with E-state index in [0.29, 0.717) is 44.8 Å². The summed E-state index contributed by atoms with van der Waals surface area (Å²) >= 11 is 0. The lowest BCUT2D eigenvalue weighted by atomic mass is 9.73. The van der Waals surface area contributed by atoms with Gasteiger partial charge in [-0.2, -0.15) is 0 Å². The summed E-state index contributed by atoms with van der Waals surface area (Å²) in [5.74, 6) is 0.525. The zero-order valence-electron chi connectivity index (χ0n) is 13.6. The first kappa shape index (κ1) is 16.7. The third-order valence-corrected chi connectivity index (χ3v) is 4.68. The van der Waals surface area contributed by atoms with Gasteiger partial charge in [-0.3, -0.25) is 4.79 Å². The number of carbonyl (C=O) groups is 1. The van der Waals surface area contributed by atoms with Crippen molar-refractivity contribution in [1.29, 1.82) is 0 Å². The van der Waals surface area contributed by atoms with Crippen LogP contribution < -0.4 is 5.32 Å². The number of ether oxygens (including phenoxy) is 1. The summed E-state index contributed by atoms with van der Waals surface area (Å²) < 4.78 is 10.6. The molecule has 1 amide bonds. The lowest BCUT2D eigenvalue weighted by molar-refractivity contribution is -0.130. The number of rotatable bonds is 6. The fraction of sp³-hybridized carbons (Fsp3) is 0.421. The lowest BCUT2D eigenvalue weighted by Gasteiger charge is -2.36. The minimum absolute atomic E-state index is 0.00337. The molecule has 1 fully saturated rings. The van der Waals surface area contributed by atoms with Gasteiger partial charge >= 0.3 is 0 Å². The van der Waals surface area contributed by atoms with E-state index in [1.807, 2.05) is 30.3 Å². The Morgan fingerprint density at radius 2 is 1.92 bits per heavy atom. The SMILES string of the molecule is O=C(NCCC(O)c1ccco1)C1(c2ccccc2)CCOCC1. The Balaban J connectivity index is 1.64. The molecule has 2 N–H and O–H groups in total. The van der Waals surface area contributed by atoms with Gasteiger partial charge in [0.2, 0.25) is 5.91 Å². The Hall–Kier alpha value is -2.11. The molecule has 1 aliphatic rings. The van der Waals surface area contributed by atoms with Crippen LogP contribution in [-0.4, -0.2) is 30.8 Å². The van der Waals surface area contributed by atoms with Gasteiger partial charge in [0.1, 0.15) is 11.9 Å². The molecule has 5 nitrogen and oxygen atoms in total. The van der Waals surface area contributed by atoms with Crippen molar-refractivity contribution in [3.8, 4) is 0 Å². The second kappa shape index (κ2) is 7.64. The number of aliphatic hydroxyl groups is 1. The molecular formula is C19H23NO4. The van der Waals surface area contributed by atoms with Crippen LogP contribution in [0.2, 0.25) is 0 Å². The van der Waals surface area contributed by atoms with Crippen LogP contribution in [0.1, 0.15) is 36.7 Å². The smallest absolute Gasteiger partial charge is 0.230 e. The largest absolute Gasteiger partial charge is 0.467 e. The van der Waals surface area contributed by atoms with E-state index < -0.39 is 11.5 Å². The predicted molar refractivity (Wildman–Crippen MR) is 89.5 cm³/mol. The number of aliphatic hydroxyl groups excluding tert-OH is 1. The first-order chi connectivity index (χ1) is 11.7. The summed E-state index contributed by atoms with van der Waals surface area (Å²) in [6.07, 6.45) is 2.58. The maximum atomic E-state index is 12.9. The van der Waals surface area contributed by atoms with E-state index >= 15 is 0 Å². The average molecular weight is 329 g/mol. The summed E-state index contributed by atoms with van der Waals surface area (Å²) in [5, 5.41) is 13.0. The van der Waals surface area contributed by atoms with E-state index in [-0.39, 0.29) is 5.91 Å². The van der Waals surface area contributed by atoms with Gasteiger partial charge in [-0.15, -0.1) is 0 Å². The standard InChI is InChI=1S/C19H23NO4/c21-16(17-7-4-12-24-17)8-11-20-18(22)19(9-13-23-14-10-19)15-5-2-1-3-6-15/h1-7,12,16,21H,8-11,13-14H2,(H,20,22). The zero-order valence-corrected chi connectivity index (χ0v) is 13.6. The molecule has 1 aromatic heterocycles. The van der Waals surface area contributed by atoms with E-state index in [2.05, 4.69) is 5.32 Å². The van der Waals surface area contributed by atoms with E-state index in [0.717, 1.165) is 5.56 Å². The van der Waals surface area contributed by atoms with Crippen molar-refractivity contribution < 1.29 is 19.1 Å². The molecule has 0 saturated carbocycles. The Kier molecular flexibility index (Phi) is 5.33. The van der Waals surface area contributed by atoms with Gasteiger partial charge in [-0.25, -0.2) is 0 Å². The Labute approximate surface area is 141 Å². The number of hydrogen-bond donors (Lipinski definition) is 2. The van der Waals surface area contributed by atoms with E-state index in [1.165, 1.54) is 6.26 Å². The number of carbonyl (C=O) groups excluding carboxylic acids is 1. The van der Waals surface area contributed by atoms with Crippen LogP contribution >= 0.6 is 0 Å². The van der Waals surface area contributed by atoms with Crippen LogP contribution in [0.4, 0.5) is 0 Å². The Morgan fingerprint density at radius 3 is 2.58 bits per heavy atom. The predicted octanol–water partition coefficient (Wildman–Crippen LogP) is 2.57. The molecule has 3 rings (SSSR count). The highest BCUT2D eigenvalue weighted by atomic mass is 16.5. The van der Waals surface area contributed by atoms with Crippen molar-refractivity contribution in [1.82, 2.24) is 5.32 Å². The van der Waals surface area contributed by atoms with Crippen molar-refractivity contribution in [3.63, 3.8) is 0 Å². The third kappa shape index (κ3) is 3.52. The molecule has 1 unspecified atom stereocenters. The zero-order chi connectivity index (χ0) is 16.8. The molecule has 24 heavy (non-hydrogen) atoms. The minimum Gasteiger partial charge on any atom is -0.467 e. The molecule has 1 atom stereocenters. The number of hydrogen-bond acceptors (Lipinski definition) is 4. The van der Waals surface area contributed by atoms with E-state index in [9.17, 15) is 9.90 Å². The third-order valence-electron chi connectivity index (χ3n) is 4.68. The van der Waals surface area contributed by atoms with E-state index in [4.69, 9.17) is 9.15 Å². The molecule has 5 heteroatoms. The van der Waals surface area contributed by atoms with E-state index in [1.54, 1.807) is 12.1 Å². The monoisotopic (exact) mass is 329 g/mol. The van der Waals surface area contributed by atoms with Crippen molar-refractivity contribution in [2.45, 2.75) is 30.8 Å². The number of benzene rings is 1. The molecular weight excluding hydrogens is 306 g/mol. The molecule has 1 aromatic carbocycles. The summed E-state index contributed by atoms with van der Waals surface area (Å²) in [5.41, 5.74) is 0.479. The highest BCUT2D eigenvalue weighted by Crippen LogP contribution is 2.35. The summed E-state index contributed by atoms with van der Waals surface area (Å²) in [7, 11) is 0. The van der Waals surface area contributed by atoms with Gasteiger partial charge in [0.25, 0.3) is 0 Å². The molecule has 0 radical (unpaired) electrons. The Morgan fingerprint density at radius 1 is 1.17 bits per heavy atom. The fourth-order valence-electron chi connectivity index (χ4n) is 3.24. The van der Waals surface area contributed by atoms with Crippen LogP contribution in [0.15, 0.2) is 53.1 Å². The number of furan rings is 1. The average Bonchev–Trinajstić information content (AvgIpc) is 3.17. The number of amides is 1. The highest BCUT2D eigenvalue weighted by molar-refractivity contribution is 5.88. The molecule has 1 aliphatic heterocycles. The van der Waals surface area contributed by atoms with Crippen molar-refractivity contribution in [2.75, 3.05) is 19.8 Å². The van der Waals surface area contributed by atoms with Crippen molar-refractivity contribution in [2.24, 2.45) is 0 Å². The molecule has 128 valence electrons. The van der Waals surface area contributed by atoms with Crippen LogP contribution in [0.3, 0.4) is 0 Å². The normalized spacial score (nSPS) is 18.0. The van der Waals surface area contributed by atoms with Crippen LogP contribution in [0.5, 0.6) is 0 Å². The molecule has 2 aromatic rings. The van der Waals surface area contributed by atoms with Crippen molar-refractivity contribution in [3.05, 3.63) is 60.1 Å². The maximum absolute atomic E-state index is 12.9. The minimum atomic E-state index is -0.706. The second-order valence-corrected chi connectivity index (χ2v) is 6.14. The second-order valence-electron chi connectivity index (χ2n) is 6.14. The van der Waals surface area contributed by atoms with Gasteiger partial charge in [0.15, 0.2) is 0 Å². The number of nitrogens with one attached hydrogen (secondary N) is 1. The van der Waals surface area contributed by atoms with Crippen LogP contribution in [0.25, 0.3) is 0 Å². The quantitative estimate of drug-likeness (QED) is 0.854. The van der Waals surface area contributed by atoms with Gasteiger partial charge in [-0.05, 0) is 37.0 Å². The molecule has 1 saturated heterocycles. The van der Waals surface area contributed by atoms with Gasteiger partial charge in [-0.1, -0.05) is 30.3 Å². The topological polar surface area (TPSA) is 71.7 Å². The highest BCUT2D eigenvalue weighted by Gasteiger charge is 2.41. The molecule has 0 spiro atoms. The molecule has 0 aliphatic carbocycles. The van der Waals surface area contributed by atoms with Gasteiger partial charge in [0, 0.05) is 19.8 Å². The summed E-state index contributed by atoms with van der Waals surface area (Å²) in [6.45, 7) is 1.56. The first-order valence-electron chi connectivity index (χ1n) is 8.35. The molecule has 2 heterocycles. The van der Waals surface area contributed by atoms with Gasteiger partial charge in [0.05, 0.1) is 11.7 Å². The van der Waals surface area contributed by atoms with Crippen LogP contribution in [0, 0.1) is 0 Å². The Bertz CT molecular complexity index is 633.